The molecule has 6 nitrogen and oxygen atoms in total. The van der Waals surface area contributed by atoms with Crippen molar-refractivity contribution in [3.8, 4) is 16.8 Å². The fraction of sp³-hybridized carbons (Fsp3) is 0. The number of carboxylic acid groups (broad SMARTS) is 1. The molecule has 98 valence electrons. The third kappa shape index (κ3) is 2.26. The minimum atomic E-state index is -0.927. The van der Waals surface area contributed by atoms with Crippen LogP contribution in [0.3, 0.4) is 0 Å². The van der Waals surface area contributed by atoms with Gasteiger partial charge in [0.1, 0.15) is 0 Å². The van der Waals surface area contributed by atoms with Gasteiger partial charge < -0.3 is 5.11 Å². The van der Waals surface area contributed by atoms with Crippen molar-refractivity contribution < 1.29 is 9.90 Å². The highest BCUT2D eigenvalue weighted by atomic mass is 16.4. The van der Waals surface area contributed by atoms with Crippen LogP contribution in [0.2, 0.25) is 0 Å². The zero-order chi connectivity index (χ0) is 13.9. The monoisotopic (exact) mass is 266 g/mol. The number of carboxylic acids is 1. The van der Waals surface area contributed by atoms with Gasteiger partial charge in [-0.15, -0.1) is 15.0 Å². The van der Waals surface area contributed by atoms with Gasteiger partial charge in [-0.2, -0.15) is 0 Å². The van der Waals surface area contributed by atoms with E-state index in [9.17, 15) is 4.79 Å². The van der Waals surface area contributed by atoms with Crippen LogP contribution in [-0.4, -0.2) is 31.3 Å². The molecule has 3 rings (SSSR count). The van der Waals surface area contributed by atoms with E-state index in [0.717, 1.165) is 16.8 Å². The lowest BCUT2D eigenvalue weighted by Gasteiger charge is -2.04. The van der Waals surface area contributed by atoms with Gasteiger partial charge in [-0.05, 0) is 40.6 Å². The SMILES string of the molecule is O=C(O)c1ccc(-c2ccc(-n3ncnn3)cc2)cc1. The first kappa shape index (κ1) is 12.0. The van der Waals surface area contributed by atoms with Gasteiger partial charge >= 0.3 is 5.97 Å². The molecular formula is C14H10N4O2. The quantitative estimate of drug-likeness (QED) is 0.784. The average Bonchev–Trinajstić information content (AvgIpc) is 3.02. The van der Waals surface area contributed by atoms with Gasteiger partial charge in [-0.1, -0.05) is 24.3 Å². The van der Waals surface area contributed by atoms with Gasteiger partial charge in [0.15, 0.2) is 6.33 Å². The Morgan fingerprint density at radius 2 is 1.55 bits per heavy atom. The molecule has 0 atom stereocenters. The third-order valence-corrected chi connectivity index (χ3v) is 2.91. The maximum atomic E-state index is 10.8. The maximum absolute atomic E-state index is 10.8. The van der Waals surface area contributed by atoms with Gasteiger partial charge in [-0.3, -0.25) is 0 Å². The Balaban J connectivity index is 1.89. The number of aromatic carboxylic acids is 1. The van der Waals surface area contributed by atoms with E-state index in [2.05, 4.69) is 15.4 Å². The number of aromatic nitrogens is 4. The predicted octanol–water partition coefficient (Wildman–Crippen LogP) is 2.03. The molecular weight excluding hydrogens is 256 g/mol. The molecule has 1 heterocycles. The Morgan fingerprint density at radius 1 is 0.950 bits per heavy atom. The molecule has 0 aliphatic heterocycles. The Labute approximate surface area is 114 Å². The summed E-state index contributed by atoms with van der Waals surface area (Å²) in [5.41, 5.74) is 3.03. The maximum Gasteiger partial charge on any atom is 0.335 e. The summed E-state index contributed by atoms with van der Waals surface area (Å²) < 4.78 is 0. The molecule has 0 amide bonds. The number of hydrogen-bond donors (Lipinski definition) is 1. The molecule has 0 spiro atoms. The van der Waals surface area contributed by atoms with Gasteiger partial charge in [-0.25, -0.2) is 4.79 Å². The van der Waals surface area contributed by atoms with Crippen molar-refractivity contribution in [1.82, 2.24) is 20.2 Å². The first-order valence-corrected chi connectivity index (χ1v) is 5.91. The highest BCUT2D eigenvalue weighted by Gasteiger charge is 2.04. The Kier molecular flexibility index (Phi) is 2.96. The van der Waals surface area contributed by atoms with E-state index in [1.54, 1.807) is 24.3 Å². The first-order chi connectivity index (χ1) is 9.74. The molecule has 0 saturated carbocycles. The van der Waals surface area contributed by atoms with Crippen LogP contribution >= 0.6 is 0 Å². The fourth-order valence-corrected chi connectivity index (χ4v) is 1.88. The van der Waals surface area contributed by atoms with Crippen molar-refractivity contribution in [3.05, 3.63) is 60.4 Å². The highest BCUT2D eigenvalue weighted by molar-refractivity contribution is 5.88. The Morgan fingerprint density at radius 3 is 2.05 bits per heavy atom. The second kappa shape index (κ2) is 4.93. The van der Waals surface area contributed by atoms with Gasteiger partial charge in [0.25, 0.3) is 0 Å². The van der Waals surface area contributed by atoms with E-state index >= 15 is 0 Å². The van der Waals surface area contributed by atoms with Gasteiger partial charge in [0.2, 0.25) is 0 Å². The predicted molar refractivity (Wildman–Crippen MR) is 71.5 cm³/mol. The molecule has 6 heteroatoms. The van der Waals surface area contributed by atoms with Crippen molar-refractivity contribution in [2.45, 2.75) is 0 Å². The highest BCUT2D eigenvalue weighted by Crippen LogP contribution is 2.21. The van der Waals surface area contributed by atoms with Crippen LogP contribution in [-0.2, 0) is 0 Å². The molecule has 0 saturated heterocycles. The summed E-state index contributed by atoms with van der Waals surface area (Å²) in [5.74, 6) is -0.927. The molecule has 1 N–H and O–H groups in total. The minimum Gasteiger partial charge on any atom is -0.478 e. The molecule has 0 unspecified atom stereocenters. The fourth-order valence-electron chi connectivity index (χ4n) is 1.88. The van der Waals surface area contributed by atoms with E-state index in [4.69, 9.17) is 5.11 Å². The van der Waals surface area contributed by atoms with Crippen LogP contribution in [0.1, 0.15) is 10.4 Å². The van der Waals surface area contributed by atoms with Crippen molar-refractivity contribution in [1.29, 1.82) is 0 Å². The molecule has 3 aromatic rings. The molecule has 0 radical (unpaired) electrons. The summed E-state index contributed by atoms with van der Waals surface area (Å²) >= 11 is 0. The lowest BCUT2D eigenvalue weighted by molar-refractivity contribution is 0.0697. The molecule has 2 aromatic carbocycles. The second-order valence-electron chi connectivity index (χ2n) is 4.15. The number of carbonyl (C=O) groups is 1. The molecule has 1 aromatic heterocycles. The zero-order valence-electron chi connectivity index (χ0n) is 10.3. The second-order valence-corrected chi connectivity index (χ2v) is 4.15. The molecule has 0 aliphatic carbocycles. The normalized spacial score (nSPS) is 10.4. The Bertz CT molecular complexity index is 719. The van der Waals surface area contributed by atoms with Gasteiger partial charge in [0, 0.05) is 0 Å². The summed E-state index contributed by atoms with van der Waals surface area (Å²) in [5, 5.41) is 20.3. The largest absolute Gasteiger partial charge is 0.478 e. The van der Waals surface area contributed by atoms with E-state index in [1.165, 1.54) is 11.1 Å². The summed E-state index contributed by atoms with van der Waals surface area (Å²) in [6, 6.07) is 14.3. The van der Waals surface area contributed by atoms with Crippen LogP contribution in [0.5, 0.6) is 0 Å². The first-order valence-electron chi connectivity index (χ1n) is 5.91. The van der Waals surface area contributed by atoms with E-state index < -0.39 is 5.97 Å². The number of hydrogen-bond acceptors (Lipinski definition) is 4. The summed E-state index contributed by atoms with van der Waals surface area (Å²) in [4.78, 5) is 12.2. The summed E-state index contributed by atoms with van der Waals surface area (Å²) in [7, 11) is 0. The standard InChI is InChI=1S/C14H10N4O2/c19-14(20)12-3-1-10(2-4-12)11-5-7-13(8-6-11)18-16-9-15-17-18/h1-9H,(H,19,20). The van der Waals surface area contributed by atoms with E-state index in [0.29, 0.717) is 0 Å². The average molecular weight is 266 g/mol. The van der Waals surface area contributed by atoms with E-state index in [1.807, 2.05) is 24.3 Å². The molecule has 0 fully saturated rings. The van der Waals surface area contributed by atoms with Crippen molar-refractivity contribution in [2.24, 2.45) is 0 Å². The number of nitrogens with zero attached hydrogens (tertiary/aromatic N) is 4. The minimum absolute atomic E-state index is 0.275. The van der Waals surface area contributed by atoms with Crippen LogP contribution in [0.4, 0.5) is 0 Å². The van der Waals surface area contributed by atoms with Crippen LogP contribution in [0.25, 0.3) is 16.8 Å². The van der Waals surface area contributed by atoms with Crippen LogP contribution < -0.4 is 0 Å². The van der Waals surface area contributed by atoms with Crippen molar-refractivity contribution in [3.63, 3.8) is 0 Å². The number of rotatable bonds is 3. The van der Waals surface area contributed by atoms with Crippen molar-refractivity contribution in [2.75, 3.05) is 0 Å². The Hall–Kier alpha value is -3.02. The lowest BCUT2D eigenvalue weighted by Crippen LogP contribution is -1.98. The van der Waals surface area contributed by atoms with Crippen LogP contribution in [0, 0.1) is 0 Å². The topological polar surface area (TPSA) is 80.9 Å². The number of tetrazole rings is 1. The zero-order valence-corrected chi connectivity index (χ0v) is 10.3. The van der Waals surface area contributed by atoms with Gasteiger partial charge in [0.05, 0.1) is 11.3 Å². The smallest absolute Gasteiger partial charge is 0.335 e. The summed E-state index contributed by atoms with van der Waals surface area (Å²) in [6.07, 6.45) is 1.37. The van der Waals surface area contributed by atoms with Crippen molar-refractivity contribution >= 4 is 5.97 Å². The molecule has 20 heavy (non-hydrogen) atoms. The summed E-state index contributed by atoms with van der Waals surface area (Å²) in [6.45, 7) is 0. The van der Waals surface area contributed by atoms with E-state index in [-0.39, 0.29) is 5.56 Å². The lowest BCUT2D eigenvalue weighted by atomic mass is 10.0. The molecule has 0 bridgehead atoms. The molecule has 0 aliphatic rings. The number of benzene rings is 2. The van der Waals surface area contributed by atoms with Crippen LogP contribution in [0.15, 0.2) is 54.9 Å². The third-order valence-electron chi connectivity index (χ3n) is 2.91.